The minimum Gasteiger partial charge on any atom is -0.494 e. The van der Waals surface area contributed by atoms with Gasteiger partial charge in [-0.25, -0.2) is 0 Å². The number of pyridine rings is 1. The molecule has 0 atom stereocenters. The number of rotatable bonds is 2. The van der Waals surface area contributed by atoms with Gasteiger partial charge in [0.25, 0.3) is 5.91 Å². The maximum absolute atomic E-state index is 11.8. The van der Waals surface area contributed by atoms with Crippen molar-refractivity contribution in [1.82, 2.24) is 9.30 Å². The minimum absolute atomic E-state index is 0.00257. The van der Waals surface area contributed by atoms with Crippen LogP contribution in [0.15, 0.2) is 24.5 Å². The highest BCUT2D eigenvalue weighted by molar-refractivity contribution is 5.94. The molecule has 2 aromatic heterocycles. The van der Waals surface area contributed by atoms with Crippen molar-refractivity contribution in [2.24, 2.45) is 0 Å². The van der Waals surface area contributed by atoms with E-state index in [2.05, 4.69) is 0 Å². The fourth-order valence-corrected chi connectivity index (χ4v) is 1.94. The zero-order chi connectivity index (χ0) is 12.6. The number of methoxy groups -OCH3 is 1. The van der Waals surface area contributed by atoms with Crippen LogP contribution in [-0.2, 0) is 0 Å². The Balaban J connectivity index is 2.56. The van der Waals surface area contributed by atoms with Crippen LogP contribution < -0.4 is 4.74 Å². The van der Waals surface area contributed by atoms with E-state index in [1.54, 1.807) is 26.1 Å². The molecule has 4 nitrogen and oxygen atoms in total. The van der Waals surface area contributed by atoms with Gasteiger partial charge in [-0.05, 0) is 19.1 Å². The Morgan fingerprint density at radius 3 is 2.59 bits per heavy atom. The average molecular weight is 232 g/mol. The lowest BCUT2D eigenvalue weighted by atomic mass is 10.2. The summed E-state index contributed by atoms with van der Waals surface area (Å²) in [6.45, 7) is 1.99. The molecule has 0 unspecified atom stereocenters. The van der Waals surface area contributed by atoms with Crippen LogP contribution in [0.5, 0.6) is 5.75 Å². The molecule has 0 aliphatic carbocycles. The predicted octanol–water partition coefficient (Wildman–Crippen LogP) is 1.96. The maximum atomic E-state index is 11.8. The molecule has 17 heavy (non-hydrogen) atoms. The first kappa shape index (κ1) is 11.5. The second kappa shape index (κ2) is 4.13. The lowest BCUT2D eigenvalue weighted by Gasteiger charge is -2.10. The number of fused-ring (bicyclic) bond motifs is 1. The van der Waals surface area contributed by atoms with Gasteiger partial charge in [0.15, 0.2) is 0 Å². The van der Waals surface area contributed by atoms with Gasteiger partial charge in [-0.2, -0.15) is 0 Å². The molecular formula is C13H16N2O2. The molecule has 0 bridgehead atoms. The quantitative estimate of drug-likeness (QED) is 0.793. The van der Waals surface area contributed by atoms with E-state index in [0.29, 0.717) is 5.56 Å². The zero-order valence-electron chi connectivity index (χ0n) is 10.5. The van der Waals surface area contributed by atoms with E-state index in [9.17, 15) is 4.79 Å². The fourth-order valence-electron chi connectivity index (χ4n) is 1.94. The highest BCUT2D eigenvalue weighted by Crippen LogP contribution is 2.26. The molecule has 0 aromatic carbocycles. The second-order valence-electron chi connectivity index (χ2n) is 4.26. The summed E-state index contributed by atoms with van der Waals surface area (Å²) in [5, 5.41) is 0. The van der Waals surface area contributed by atoms with Crippen molar-refractivity contribution in [3.8, 4) is 5.75 Å². The van der Waals surface area contributed by atoms with Gasteiger partial charge >= 0.3 is 0 Å². The van der Waals surface area contributed by atoms with E-state index < -0.39 is 0 Å². The molecule has 0 spiro atoms. The van der Waals surface area contributed by atoms with E-state index in [4.69, 9.17) is 4.74 Å². The number of nitrogens with zero attached hydrogens (tertiary/aromatic N) is 2. The molecule has 0 fully saturated rings. The summed E-state index contributed by atoms with van der Waals surface area (Å²) in [5.74, 6) is 0.853. The molecule has 90 valence electrons. The topological polar surface area (TPSA) is 34.0 Å². The van der Waals surface area contributed by atoms with Crippen molar-refractivity contribution in [3.05, 3.63) is 35.7 Å². The average Bonchev–Trinajstić information content (AvgIpc) is 2.61. The van der Waals surface area contributed by atoms with Crippen molar-refractivity contribution in [1.29, 1.82) is 0 Å². The summed E-state index contributed by atoms with van der Waals surface area (Å²) in [5.41, 5.74) is 2.70. The number of ether oxygens (including phenoxy) is 1. The Labute approximate surface area is 100 Å². The zero-order valence-corrected chi connectivity index (χ0v) is 10.5. The first-order valence-electron chi connectivity index (χ1n) is 5.41. The van der Waals surface area contributed by atoms with E-state index >= 15 is 0 Å². The van der Waals surface area contributed by atoms with E-state index in [-0.39, 0.29) is 5.91 Å². The lowest BCUT2D eigenvalue weighted by Crippen LogP contribution is -2.21. The van der Waals surface area contributed by atoms with Crippen LogP contribution in [-0.4, -0.2) is 36.4 Å². The third kappa shape index (κ3) is 1.86. The number of aromatic nitrogens is 1. The first-order chi connectivity index (χ1) is 8.04. The number of hydrogen-bond acceptors (Lipinski definition) is 2. The van der Waals surface area contributed by atoms with E-state index in [0.717, 1.165) is 16.8 Å². The predicted molar refractivity (Wildman–Crippen MR) is 66.7 cm³/mol. The molecule has 0 aliphatic rings. The number of carbonyl (C=O) groups is 1. The number of carbonyl (C=O) groups excluding carboxylic acids is 1. The summed E-state index contributed by atoms with van der Waals surface area (Å²) in [4.78, 5) is 13.4. The normalized spacial score (nSPS) is 10.6. The summed E-state index contributed by atoms with van der Waals surface area (Å²) in [7, 11) is 5.14. The van der Waals surface area contributed by atoms with Gasteiger partial charge in [-0.3, -0.25) is 4.79 Å². The summed E-state index contributed by atoms with van der Waals surface area (Å²) >= 11 is 0. The second-order valence-corrected chi connectivity index (χ2v) is 4.26. The van der Waals surface area contributed by atoms with E-state index in [1.807, 2.05) is 35.9 Å². The summed E-state index contributed by atoms with van der Waals surface area (Å²) in [6, 6.07) is 3.72. The van der Waals surface area contributed by atoms with Crippen molar-refractivity contribution < 1.29 is 9.53 Å². The van der Waals surface area contributed by atoms with Crippen LogP contribution in [0, 0.1) is 6.92 Å². The maximum Gasteiger partial charge on any atom is 0.254 e. The Kier molecular flexibility index (Phi) is 2.79. The number of amides is 1. The third-order valence-electron chi connectivity index (χ3n) is 2.76. The van der Waals surface area contributed by atoms with Crippen molar-refractivity contribution in [2.45, 2.75) is 6.92 Å². The fraction of sp³-hybridized carbons (Fsp3) is 0.308. The first-order valence-corrected chi connectivity index (χ1v) is 5.41. The molecule has 0 radical (unpaired) electrons. The Morgan fingerprint density at radius 2 is 2.00 bits per heavy atom. The van der Waals surface area contributed by atoms with Crippen LogP contribution in [0.3, 0.4) is 0 Å². The van der Waals surface area contributed by atoms with Gasteiger partial charge in [-0.15, -0.1) is 0 Å². The van der Waals surface area contributed by atoms with Crippen LogP contribution in [0.1, 0.15) is 15.9 Å². The lowest BCUT2D eigenvalue weighted by molar-refractivity contribution is 0.0827. The van der Waals surface area contributed by atoms with Crippen LogP contribution in [0.4, 0.5) is 0 Å². The Morgan fingerprint density at radius 1 is 1.29 bits per heavy atom. The number of aryl methyl sites for hydroxylation is 1. The van der Waals surface area contributed by atoms with Gasteiger partial charge in [-0.1, -0.05) is 0 Å². The monoisotopic (exact) mass is 232 g/mol. The molecule has 1 amide bonds. The molecule has 2 rings (SSSR count). The molecular weight excluding hydrogens is 216 g/mol. The molecule has 4 heteroatoms. The van der Waals surface area contributed by atoms with Crippen LogP contribution in [0.25, 0.3) is 5.52 Å². The van der Waals surface area contributed by atoms with Crippen molar-refractivity contribution >= 4 is 11.4 Å². The molecule has 0 saturated carbocycles. The van der Waals surface area contributed by atoms with Gasteiger partial charge in [0.05, 0.1) is 18.2 Å². The minimum atomic E-state index is -0.00257. The van der Waals surface area contributed by atoms with Crippen LogP contribution in [0.2, 0.25) is 0 Å². The molecule has 0 aliphatic heterocycles. The smallest absolute Gasteiger partial charge is 0.254 e. The Bertz CT molecular complexity index is 570. The highest BCUT2D eigenvalue weighted by Gasteiger charge is 2.12. The van der Waals surface area contributed by atoms with Crippen molar-refractivity contribution in [3.63, 3.8) is 0 Å². The van der Waals surface area contributed by atoms with E-state index in [1.165, 1.54) is 0 Å². The molecule has 2 aromatic rings. The molecule has 0 N–H and O–H groups in total. The largest absolute Gasteiger partial charge is 0.494 e. The van der Waals surface area contributed by atoms with Gasteiger partial charge in [0.1, 0.15) is 5.75 Å². The van der Waals surface area contributed by atoms with Gasteiger partial charge < -0.3 is 14.0 Å². The van der Waals surface area contributed by atoms with Crippen molar-refractivity contribution in [2.75, 3.05) is 21.2 Å². The number of hydrogen-bond donors (Lipinski definition) is 0. The Hall–Kier alpha value is -1.97. The van der Waals surface area contributed by atoms with Gasteiger partial charge in [0.2, 0.25) is 0 Å². The summed E-state index contributed by atoms with van der Waals surface area (Å²) < 4.78 is 7.25. The SMILES string of the molecule is COc1c(C)cn2cc(C(=O)N(C)C)ccc12. The molecule has 2 heterocycles. The standard InChI is InChI=1S/C13H16N2O2/c1-9-7-15-8-10(13(16)14(2)3)5-6-11(15)12(9)17-4/h5-8H,1-4H3. The molecule has 0 saturated heterocycles. The van der Waals surface area contributed by atoms with Crippen LogP contribution >= 0.6 is 0 Å². The van der Waals surface area contributed by atoms with Gasteiger partial charge in [0, 0.05) is 32.1 Å². The highest BCUT2D eigenvalue weighted by atomic mass is 16.5. The third-order valence-corrected chi connectivity index (χ3v) is 2.76. The summed E-state index contributed by atoms with van der Waals surface area (Å²) in [6.07, 6.45) is 3.79.